The van der Waals surface area contributed by atoms with E-state index in [-0.39, 0.29) is 25.7 Å². The molecule has 0 aliphatic carbocycles. The summed E-state index contributed by atoms with van der Waals surface area (Å²) in [6.45, 7) is 4.24. The minimum absolute atomic E-state index is 0.0907. The molecule has 0 aromatic carbocycles. The third-order valence-electron chi connectivity index (χ3n) is 11.6. The van der Waals surface area contributed by atoms with Crippen molar-refractivity contribution in [3.8, 4) is 0 Å². The molecule has 0 rings (SSSR count). The zero-order valence-electron chi connectivity index (χ0n) is 38.6. The van der Waals surface area contributed by atoms with E-state index in [0.29, 0.717) is 12.8 Å². The van der Waals surface area contributed by atoms with Crippen molar-refractivity contribution in [2.24, 2.45) is 5.73 Å². The van der Waals surface area contributed by atoms with Crippen molar-refractivity contribution in [1.29, 1.82) is 0 Å². The van der Waals surface area contributed by atoms with Gasteiger partial charge in [-0.25, -0.2) is 4.57 Å². The number of carbonyl (C=O) groups excluding carboxylic acids is 1. The Kier molecular flexibility index (Phi) is 45.2. The fourth-order valence-corrected chi connectivity index (χ4v) is 8.54. The molecule has 5 N–H and O–H groups in total. The van der Waals surface area contributed by atoms with Crippen LogP contribution in [0.25, 0.3) is 0 Å². The normalized spacial score (nSPS) is 13.9. The summed E-state index contributed by atoms with van der Waals surface area (Å²) < 4.78 is 22.3. The fourth-order valence-electron chi connectivity index (χ4n) is 7.78. The highest BCUT2D eigenvalue weighted by Crippen LogP contribution is 2.43. The van der Waals surface area contributed by atoms with E-state index in [1.807, 2.05) is 0 Å². The summed E-state index contributed by atoms with van der Waals surface area (Å²) in [4.78, 5) is 22.8. The number of carbonyl (C=O) groups is 1. The van der Waals surface area contributed by atoms with E-state index in [9.17, 15) is 19.4 Å². The molecular weight excluding hydrogens is 744 g/mol. The molecule has 0 saturated carbocycles. The molecular formula is C49H99N2O6P. The number of nitrogens with one attached hydrogen (secondary N) is 1. The van der Waals surface area contributed by atoms with Crippen molar-refractivity contribution in [2.45, 2.75) is 276 Å². The molecule has 8 nitrogen and oxygen atoms in total. The average Bonchev–Trinajstić information content (AvgIpc) is 3.21. The van der Waals surface area contributed by atoms with Crippen LogP contribution in [0.2, 0.25) is 0 Å². The molecule has 1 amide bonds. The van der Waals surface area contributed by atoms with Crippen LogP contribution in [0.1, 0.15) is 264 Å². The lowest BCUT2D eigenvalue weighted by molar-refractivity contribution is -0.123. The van der Waals surface area contributed by atoms with Crippen molar-refractivity contribution in [1.82, 2.24) is 5.32 Å². The molecule has 0 bridgehead atoms. The van der Waals surface area contributed by atoms with Gasteiger partial charge in [-0.1, -0.05) is 231 Å². The zero-order valence-corrected chi connectivity index (χ0v) is 39.5. The van der Waals surface area contributed by atoms with Crippen LogP contribution in [0.4, 0.5) is 0 Å². The molecule has 0 aromatic rings. The Morgan fingerprint density at radius 2 is 0.897 bits per heavy atom. The fraction of sp³-hybridized carbons (Fsp3) is 0.939. The topological polar surface area (TPSA) is 131 Å². The Balaban J connectivity index is 4.04. The summed E-state index contributed by atoms with van der Waals surface area (Å²) in [7, 11) is -4.32. The maximum absolute atomic E-state index is 12.8. The third kappa shape index (κ3) is 43.3. The zero-order chi connectivity index (χ0) is 42.5. The van der Waals surface area contributed by atoms with Crippen LogP contribution in [-0.4, -0.2) is 47.8 Å². The first-order valence-electron chi connectivity index (χ1n) is 25.3. The van der Waals surface area contributed by atoms with E-state index < -0.39 is 20.0 Å². The quantitative estimate of drug-likeness (QED) is 0.0272. The Morgan fingerprint density at radius 1 is 0.552 bits per heavy atom. The first-order valence-corrected chi connectivity index (χ1v) is 26.8. The summed E-state index contributed by atoms with van der Waals surface area (Å²) in [6, 6.07) is -0.773. The standard InChI is InChI=1S/C49H99N2O6P/c1-3-5-7-9-11-13-15-17-19-21-23-25-26-28-30-32-34-36-38-40-42-48(52)47(46-57-58(54,55)56-45-44-50)51-49(53)43-41-39-37-35-33-31-29-27-24-22-20-18-16-14-12-10-8-6-4-2/h18,20,47-48,52H,3-17,19,21-46,50H2,1-2H3,(H,51,53)(H,54,55)/b20-18-. The molecule has 0 heterocycles. The second kappa shape index (κ2) is 45.8. The Bertz CT molecular complexity index is 922. The van der Waals surface area contributed by atoms with Gasteiger partial charge in [0.05, 0.1) is 25.4 Å². The number of aliphatic hydroxyl groups is 1. The van der Waals surface area contributed by atoms with E-state index in [4.69, 9.17) is 14.8 Å². The van der Waals surface area contributed by atoms with Crippen molar-refractivity contribution >= 4 is 13.7 Å². The molecule has 0 aliphatic heterocycles. The summed E-state index contributed by atoms with van der Waals surface area (Å²) in [5.74, 6) is -0.159. The molecule has 0 aliphatic rings. The molecule has 0 fully saturated rings. The summed E-state index contributed by atoms with van der Waals surface area (Å²) >= 11 is 0. The lowest BCUT2D eigenvalue weighted by atomic mass is 10.0. The first kappa shape index (κ1) is 57.2. The second-order valence-corrected chi connectivity index (χ2v) is 18.8. The van der Waals surface area contributed by atoms with Crippen LogP contribution in [0.5, 0.6) is 0 Å². The number of hydrogen-bond acceptors (Lipinski definition) is 6. The van der Waals surface area contributed by atoms with Gasteiger partial charge in [-0.15, -0.1) is 0 Å². The van der Waals surface area contributed by atoms with Crippen molar-refractivity contribution in [3.05, 3.63) is 12.2 Å². The molecule has 58 heavy (non-hydrogen) atoms. The SMILES string of the molecule is CCCCCCCC/C=C\CCCCCCCCCCCC(=O)NC(COP(=O)(O)OCCN)C(O)CCCCCCCCCCCCCCCCCCCCCC. The van der Waals surface area contributed by atoms with Gasteiger partial charge in [0.25, 0.3) is 0 Å². The van der Waals surface area contributed by atoms with Crippen LogP contribution in [0.3, 0.4) is 0 Å². The Hall–Kier alpha value is -0.760. The van der Waals surface area contributed by atoms with E-state index in [1.165, 1.54) is 199 Å². The number of allylic oxidation sites excluding steroid dienone is 2. The van der Waals surface area contributed by atoms with Crippen molar-refractivity contribution in [2.75, 3.05) is 19.8 Å². The number of aliphatic hydroxyl groups excluding tert-OH is 1. The van der Waals surface area contributed by atoms with Gasteiger partial charge in [-0.05, 0) is 38.5 Å². The van der Waals surface area contributed by atoms with Gasteiger partial charge in [-0.2, -0.15) is 0 Å². The van der Waals surface area contributed by atoms with E-state index in [1.54, 1.807) is 0 Å². The van der Waals surface area contributed by atoms with Crippen molar-refractivity contribution < 1.29 is 28.4 Å². The number of hydrogen-bond donors (Lipinski definition) is 4. The number of rotatable bonds is 48. The summed E-state index contributed by atoms with van der Waals surface area (Å²) in [5.41, 5.74) is 5.40. The van der Waals surface area contributed by atoms with Crippen LogP contribution < -0.4 is 11.1 Å². The molecule has 0 radical (unpaired) electrons. The van der Waals surface area contributed by atoms with E-state index in [2.05, 4.69) is 31.3 Å². The number of unbranched alkanes of at least 4 members (excludes halogenated alkanes) is 34. The minimum Gasteiger partial charge on any atom is -0.391 e. The van der Waals surface area contributed by atoms with Crippen molar-refractivity contribution in [3.63, 3.8) is 0 Å². The van der Waals surface area contributed by atoms with Gasteiger partial charge >= 0.3 is 7.82 Å². The highest BCUT2D eigenvalue weighted by molar-refractivity contribution is 7.47. The maximum Gasteiger partial charge on any atom is 0.472 e. The number of nitrogens with two attached hydrogens (primary N) is 1. The van der Waals surface area contributed by atoms with Gasteiger partial charge in [-0.3, -0.25) is 13.8 Å². The molecule has 0 aromatic heterocycles. The van der Waals surface area contributed by atoms with Gasteiger partial charge in [0.2, 0.25) is 5.91 Å². The number of phosphoric acid groups is 1. The highest BCUT2D eigenvalue weighted by atomic mass is 31.2. The number of amides is 1. The first-order chi connectivity index (χ1) is 28.4. The maximum atomic E-state index is 12.8. The minimum atomic E-state index is -4.32. The third-order valence-corrected chi connectivity index (χ3v) is 12.6. The molecule has 0 spiro atoms. The van der Waals surface area contributed by atoms with E-state index >= 15 is 0 Å². The smallest absolute Gasteiger partial charge is 0.391 e. The molecule has 9 heteroatoms. The largest absolute Gasteiger partial charge is 0.472 e. The predicted molar refractivity (Wildman–Crippen MR) is 249 cm³/mol. The second-order valence-electron chi connectivity index (χ2n) is 17.4. The van der Waals surface area contributed by atoms with Gasteiger partial charge in [0, 0.05) is 13.0 Å². The van der Waals surface area contributed by atoms with Gasteiger partial charge < -0.3 is 21.1 Å². The lowest BCUT2D eigenvalue weighted by Gasteiger charge is -2.25. The summed E-state index contributed by atoms with van der Waals surface area (Å²) in [6.07, 6.45) is 52.3. The van der Waals surface area contributed by atoms with E-state index in [0.717, 1.165) is 38.5 Å². The molecule has 3 atom stereocenters. The lowest BCUT2D eigenvalue weighted by Crippen LogP contribution is -2.46. The van der Waals surface area contributed by atoms with Crippen LogP contribution in [-0.2, 0) is 18.4 Å². The summed E-state index contributed by atoms with van der Waals surface area (Å²) in [5, 5.41) is 13.9. The monoisotopic (exact) mass is 843 g/mol. The predicted octanol–water partition coefficient (Wildman–Crippen LogP) is 14.7. The highest BCUT2D eigenvalue weighted by Gasteiger charge is 2.27. The van der Waals surface area contributed by atoms with Gasteiger partial charge in [0.15, 0.2) is 0 Å². The van der Waals surface area contributed by atoms with Crippen LogP contribution in [0.15, 0.2) is 12.2 Å². The molecule has 0 saturated heterocycles. The average molecular weight is 843 g/mol. The van der Waals surface area contributed by atoms with Crippen LogP contribution in [0, 0.1) is 0 Å². The van der Waals surface area contributed by atoms with Crippen LogP contribution >= 0.6 is 7.82 Å². The molecule has 346 valence electrons. The molecule has 3 unspecified atom stereocenters. The van der Waals surface area contributed by atoms with Gasteiger partial charge in [0.1, 0.15) is 0 Å². The Labute approximate surface area is 360 Å². The number of phosphoric ester groups is 1. The Morgan fingerprint density at radius 3 is 1.28 bits per heavy atom.